The number of hydrazine groups is 1. The molecule has 0 aliphatic rings. The molecular formula is C10H15N5O. The van der Waals surface area contributed by atoms with E-state index in [2.05, 4.69) is 15.4 Å². The molecule has 2 rings (SSSR count). The van der Waals surface area contributed by atoms with E-state index in [0.717, 1.165) is 16.6 Å². The second-order valence-electron chi connectivity index (χ2n) is 3.92. The van der Waals surface area contributed by atoms with Gasteiger partial charge in [-0.3, -0.25) is 10.7 Å². The van der Waals surface area contributed by atoms with Gasteiger partial charge in [0, 0.05) is 0 Å². The van der Waals surface area contributed by atoms with Gasteiger partial charge in [0.15, 0.2) is 0 Å². The molecule has 5 N–H and O–H groups in total. The van der Waals surface area contributed by atoms with Gasteiger partial charge in [0.05, 0.1) is 17.2 Å². The highest BCUT2D eigenvalue weighted by molar-refractivity contribution is 5.75. The maximum atomic E-state index is 11.1. The quantitative estimate of drug-likeness (QED) is 0.330. The van der Waals surface area contributed by atoms with Crippen molar-refractivity contribution in [3.63, 3.8) is 0 Å². The van der Waals surface area contributed by atoms with Crippen LogP contribution < -0.4 is 17.0 Å². The van der Waals surface area contributed by atoms with Gasteiger partial charge in [-0.05, 0) is 31.8 Å². The number of aromatic nitrogens is 2. The van der Waals surface area contributed by atoms with Crippen molar-refractivity contribution in [2.24, 2.45) is 5.84 Å². The molecule has 1 aromatic heterocycles. The first-order valence-electron chi connectivity index (χ1n) is 4.96. The third-order valence-corrected chi connectivity index (χ3v) is 2.53. The molecule has 0 saturated carbocycles. The number of benzene rings is 1. The van der Waals surface area contributed by atoms with Crippen molar-refractivity contribution in [3.05, 3.63) is 34.2 Å². The van der Waals surface area contributed by atoms with E-state index in [-0.39, 0.29) is 11.9 Å². The van der Waals surface area contributed by atoms with E-state index in [1.807, 2.05) is 37.2 Å². The van der Waals surface area contributed by atoms with E-state index in [0.29, 0.717) is 0 Å². The summed E-state index contributed by atoms with van der Waals surface area (Å²) >= 11 is 0. The van der Waals surface area contributed by atoms with Crippen LogP contribution in [0.4, 0.5) is 0 Å². The van der Waals surface area contributed by atoms with E-state index in [4.69, 9.17) is 5.84 Å². The highest BCUT2D eigenvalue weighted by Crippen LogP contribution is 2.17. The third-order valence-electron chi connectivity index (χ3n) is 2.53. The van der Waals surface area contributed by atoms with Crippen molar-refractivity contribution in [1.82, 2.24) is 20.3 Å². The number of rotatable bonds is 3. The maximum absolute atomic E-state index is 11.1. The summed E-state index contributed by atoms with van der Waals surface area (Å²) in [7, 11) is 3.85. The SMILES string of the molecule is CN(C)C(NN)c1ccc2[nH]c(=O)[nH]c2c1. The Bertz CT molecular complexity index is 541. The van der Waals surface area contributed by atoms with Crippen LogP contribution in [-0.4, -0.2) is 29.0 Å². The third kappa shape index (κ3) is 1.85. The summed E-state index contributed by atoms with van der Waals surface area (Å²) in [6, 6.07) is 5.69. The standard InChI is InChI=1S/C10H15N5O/c1-15(2)9(14-11)6-3-4-7-8(5-6)13-10(16)12-7/h3-5,9,14H,11H2,1-2H3,(H2,12,13,16). The lowest BCUT2D eigenvalue weighted by Crippen LogP contribution is -2.37. The molecule has 1 atom stereocenters. The van der Waals surface area contributed by atoms with Gasteiger partial charge < -0.3 is 9.97 Å². The number of nitrogens with zero attached hydrogens (tertiary/aromatic N) is 1. The molecule has 1 heterocycles. The number of nitrogens with one attached hydrogen (secondary N) is 3. The van der Waals surface area contributed by atoms with E-state index in [9.17, 15) is 4.79 Å². The van der Waals surface area contributed by atoms with Crippen molar-refractivity contribution < 1.29 is 0 Å². The van der Waals surface area contributed by atoms with E-state index in [1.165, 1.54) is 0 Å². The lowest BCUT2D eigenvalue weighted by Gasteiger charge is -2.23. The predicted octanol–water partition coefficient (Wildman–Crippen LogP) is -0.120. The van der Waals surface area contributed by atoms with Crippen LogP contribution >= 0.6 is 0 Å². The largest absolute Gasteiger partial charge is 0.323 e. The fourth-order valence-electron chi connectivity index (χ4n) is 1.76. The Morgan fingerprint density at radius 2 is 2.00 bits per heavy atom. The number of aromatic amines is 2. The van der Waals surface area contributed by atoms with Crippen LogP contribution in [-0.2, 0) is 0 Å². The van der Waals surface area contributed by atoms with Crippen LogP contribution in [0.25, 0.3) is 11.0 Å². The van der Waals surface area contributed by atoms with Crippen LogP contribution in [0.1, 0.15) is 11.7 Å². The Morgan fingerprint density at radius 1 is 1.31 bits per heavy atom. The van der Waals surface area contributed by atoms with Crippen LogP contribution in [0.15, 0.2) is 23.0 Å². The van der Waals surface area contributed by atoms with E-state index in [1.54, 1.807) is 0 Å². The van der Waals surface area contributed by atoms with Crippen molar-refractivity contribution in [2.75, 3.05) is 14.1 Å². The fraction of sp³-hybridized carbons (Fsp3) is 0.300. The molecule has 86 valence electrons. The van der Waals surface area contributed by atoms with Crippen molar-refractivity contribution >= 4 is 11.0 Å². The average Bonchev–Trinajstić information content (AvgIpc) is 2.57. The first-order valence-corrected chi connectivity index (χ1v) is 4.96. The Balaban J connectivity index is 2.48. The van der Waals surface area contributed by atoms with Crippen molar-refractivity contribution in [2.45, 2.75) is 6.17 Å². The Hall–Kier alpha value is -1.63. The summed E-state index contributed by atoms with van der Waals surface area (Å²) in [6.07, 6.45) is -0.0807. The van der Waals surface area contributed by atoms with Gasteiger partial charge in [0.25, 0.3) is 0 Å². The van der Waals surface area contributed by atoms with Crippen LogP contribution in [0.2, 0.25) is 0 Å². The molecule has 0 spiro atoms. The molecule has 0 fully saturated rings. The number of hydrogen-bond donors (Lipinski definition) is 4. The molecule has 0 bridgehead atoms. The lowest BCUT2D eigenvalue weighted by atomic mass is 10.1. The number of nitrogens with two attached hydrogens (primary N) is 1. The van der Waals surface area contributed by atoms with Crippen LogP contribution in [0.3, 0.4) is 0 Å². The lowest BCUT2D eigenvalue weighted by molar-refractivity contribution is 0.253. The Kier molecular flexibility index (Phi) is 2.78. The maximum Gasteiger partial charge on any atom is 0.323 e. The smallest absolute Gasteiger partial charge is 0.306 e. The zero-order chi connectivity index (χ0) is 11.7. The number of H-pyrrole nitrogens is 2. The zero-order valence-electron chi connectivity index (χ0n) is 9.24. The predicted molar refractivity (Wildman–Crippen MR) is 62.7 cm³/mol. The molecule has 2 aromatic rings. The Labute approximate surface area is 92.4 Å². The topological polar surface area (TPSA) is 89.9 Å². The minimum Gasteiger partial charge on any atom is -0.306 e. The summed E-state index contributed by atoms with van der Waals surface area (Å²) < 4.78 is 0. The molecule has 0 aliphatic heterocycles. The molecule has 6 heteroatoms. The Morgan fingerprint density at radius 3 is 2.62 bits per heavy atom. The molecule has 16 heavy (non-hydrogen) atoms. The summed E-state index contributed by atoms with van der Waals surface area (Å²) in [4.78, 5) is 18.5. The van der Waals surface area contributed by atoms with Gasteiger partial charge in [-0.1, -0.05) is 6.07 Å². The molecule has 0 amide bonds. The van der Waals surface area contributed by atoms with Gasteiger partial charge >= 0.3 is 5.69 Å². The zero-order valence-corrected chi connectivity index (χ0v) is 9.24. The van der Waals surface area contributed by atoms with Gasteiger partial charge in [0.2, 0.25) is 0 Å². The van der Waals surface area contributed by atoms with Crippen molar-refractivity contribution in [3.8, 4) is 0 Å². The van der Waals surface area contributed by atoms with E-state index >= 15 is 0 Å². The highest BCUT2D eigenvalue weighted by Gasteiger charge is 2.12. The molecule has 0 saturated heterocycles. The summed E-state index contributed by atoms with van der Waals surface area (Å²) in [6.45, 7) is 0. The molecular weight excluding hydrogens is 206 g/mol. The molecule has 1 unspecified atom stereocenters. The fourth-order valence-corrected chi connectivity index (χ4v) is 1.76. The number of fused-ring (bicyclic) bond motifs is 1. The van der Waals surface area contributed by atoms with Crippen molar-refractivity contribution in [1.29, 1.82) is 0 Å². The second-order valence-corrected chi connectivity index (χ2v) is 3.92. The number of imidazole rings is 1. The van der Waals surface area contributed by atoms with E-state index < -0.39 is 0 Å². The minimum absolute atomic E-state index is 0.0807. The summed E-state index contributed by atoms with van der Waals surface area (Å²) in [5.41, 5.74) is 5.09. The molecule has 6 nitrogen and oxygen atoms in total. The summed E-state index contributed by atoms with van der Waals surface area (Å²) in [5.74, 6) is 5.48. The van der Waals surface area contributed by atoms with Gasteiger partial charge in [-0.15, -0.1) is 0 Å². The average molecular weight is 221 g/mol. The van der Waals surface area contributed by atoms with Gasteiger partial charge in [-0.25, -0.2) is 10.2 Å². The first kappa shape index (κ1) is 10.9. The monoisotopic (exact) mass is 221 g/mol. The highest BCUT2D eigenvalue weighted by atomic mass is 16.1. The summed E-state index contributed by atoms with van der Waals surface area (Å²) in [5, 5.41) is 0. The first-order chi connectivity index (χ1) is 7.61. The van der Waals surface area contributed by atoms with Gasteiger partial charge in [0.1, 0.15) is 0 Å². The molecule has 0 aliphatic carbocycles. The molecule has 1 aromatic carbocycles. The van der Waals surface area contributed by atoms with Crippen LogP contribution in [0.5, 0.6) is 0 Å². The van der Waals surface area contributed by atoms with Gasteiger partial charge in [-0.2, -0.15) is 0 Å². The second kappa shape index (κ2) is 4.09. The number of hydrogen-bond acceptors (Lipinski definition) is 4. The normalized spacial score (nSPS) is 13.5. The molecule has 0 radical (unpaired) electrons. The minimum atomic E-state index is -0.200. The van der Waals surface area contributed by atoms with Crippen LogP contribution in [0, 0.1) is 0 Å².